The van der Waals surface area contributed by atoms with Crippen LogP contribution in [0.15, 0.2) is 23.2 Å². The standard InChI is InChI=1S/C11H19N3O2S/c1-4-9(5-2)14(3)17(15,16)10-6-7-11(12)13-8-10/h6-9H,4-5H2,1-3H3,(H2,12,13). The fraction of sp³-hybridized carbons (Fsp3) is 0.545. The lowest BCUT2D eigenvalue weighted by atomic mass is 10.2. The summed E-state index contributed by atoms with van der Waals surface area (Å²) in [6.45, 7) is 3.95. The van der Waals surface area contributed by atoms with E-state index < -0.39 is 10.0 Å². The maximum absolute atomic E-state index is 12.2. The first-order valence-corrected chi connectivity index (χ1v) is 7.07. The molecule has 0 saturated heterocycles. The van der Waals surface area contributed by atoms with Crippen molar-refractivity contribution >= 4 is 15.8 Å². The minimum atomic E-state index is -3.46. The van der Waals surface area contributed by atoms with E-state index in [4.69, 9.17) is 5.73 Å². The number of rotatable bonds is 5. The molecule has 5 nitrogen and oxygen atoms in total. The number of hydrogen-bond donors (Lipinski definition) is 1. The minimum Gasteiger partial charge on any atom is -0.384 e. The average Bonchev–Trinajstić information content (AvgIpc) is 2.31. The van der Waals surface area contributed by atoms with Crippen LogP contribution in [-0.4, -0.2) is 30.8 Å². The summed E-state index contributed by atoms with van der Waals surface area (Å²) in [5.41, 5.74) is 5.44. The summed E-state index contributed by atoms with van der Waals surface area (Å²) in [4.78, 5) is 3.99. The normalized spacial score (nSPS) is 12.3. The van der Waals surface area contributed by atoms with Gasteiger partial charge in [-0.2, -0.15) is 4.31 Å². The van der Waals surface area contributed by atoms with E-state index in [1.54, 1.807) is 7.05 Å². The van der Waals surface area contributed by atoms with Gasteiger partial charge in [0.1, 0.15) is 10.7 Å². The van der Waals surface area contributed by atoms with Crippen molar-refractivity contribution in [3.8, 4) is 0 Å². The molecule has 0 fully saturated rings. The second-order valence-electron chi connectivity index (χ2n) is 3.91. The molecule has 0 radical (unpaired) electrons. The largest absolute Gasteiger partial charge is 0.384 e. The van der Waals surface area contributed by atoms with E-state index in [2.05, 4.69) is 4.98 Å². The van der Waals surface area contributed by atoms with Crippen molar-refractivity contribution in [1.29, 1.82) is 0 Å². The SMILES string of the molecule is CCC(CC)N(C)S(=O)(=O)c1ccc(N)nc1. The highest BCUT2D eigenvalue weighted by molar-refractivity contribution is 7.89. The molecule has 0 aliphatic rings. The number of sulfonamides is 1. The molecule has 1 heterocycles. The Morgan fingerprint density at radius 2 is 1.94 bits per heavy atom. The van der Waals surface area contributed by atoms with Crippen LogP contribution in [0.4, 0.5) is 5.82 Å². The molecule has 0 saturated carbocycles. The zero-order valence-corrected chi connectivity index (χ0v) is 11.2. The highest BCUT2D eigenvalue weighted by atomic mass is 32.2. The molecule has 0 bridgehead atoms. The monoisotopic (exact) mass is 257 g/mol. The van der Waals surface area contributed by atoms with Gasteiger partial charge in [0.2, 0.25) is 10.0 Å². The van der Waals surface area contributed by atoms with Gasteiger partial charge in [-0.15, -0.1) is 0 Å². The van der Waals surface area contributed by atoms with Crippen molar-refractivity contribution in [2.45, 2.75) is 37.6 Å². The highest BCUT2D eigenvalue weighted by Gasteiger charge is 2.26. The summed E-state index contributed by atoms with van der Waals surface area (Å²) >= 11 is 0. The van der Waals surface area contributed by atoms with E-state index in [1.807, 2.05) is 13.8 Å². The Hall–Kier alpha value is -1.14. The Labute approximate surface area is 103 Å². The number of aromatic nitrogens is 1. The van der Waals surface area contributed by atoms with Crippen LogP contribution >= 0.6 is 0 Å². The molecule has 0 aromatic carbocycles. The van der Waals surface area contributed by atoms with E-state index >= 15 is 0 Å². The van der Waals surface area contributed by atoms with Gasteiger partial charge >= 0.3 is 0 Å². The molecule has 0 amide bonds. The van der Waals surface area contributed by atoms with Crippen LogP contribution in [0.25, 0.3) is 0 Å². The summed E-state index contributed by atoms with van der Waals surface area (Å²) in [6.07, 6.45) is 2.87. The molecule has 2 N–H and O–H groups in total. The van der Waals surface area contributed by atoms with Crippen molar-refractivity contribution in [3.05, 3.63) is 18.3 Å². The van der Waals surface area contributed by atoms with Gasteiger partial charge < -0.3 is 5.73 Å². The molecule has 0 aliphatic carbocycles. The van der Waals surface area contributed by atoms with E-state index in [9.17, 15) is 8.42 Å². The Kier molecular flexibility index (Phi) is 4.47. The molecule has 0 aliphatic heterocycles. The van der Waals surface area contributed by atoms with Crippen molar-refractivity contribution in [3.63, 3.8) is 0 Å². The van der Waals surface area contributed by atoms with E-state index in [-0.39, 0.29) is 10.9 Å². The fourth-order valence-corrected chi connectivity index (χ4v) is 3.16. The predicted octanol–water partition coefficient (Wildman–Crippen LogP) is 1.47. The molecule has 1 rings (SSSR count). The highest BCUT2D eigenvalue weighted by Crippen LogP contribution is 2.19. The number of nitrogens with zero attached hydrogens (tertiary/aromatic N) is 2. The Morgan fingerprint density at radius 3 is 2.35 bits per heavy atom. The lowest BCUT2D eigenvalue weighted by molar-refractivity contribution is 0.349. The van der Waals surface area contributed by atoms with Gasteiger partial charge in [0.05, 0.1) is 0 Å². The number of hydrogen-bond acceptors (Lipinski definition) is 4. The fourth-order valence-electron chi connectivity index (χ4n) is 1.71. The van der Waals surface area contributed by atoms with Gasteiger partial charge in [0.15, 0.2) is 0 Å². The summed E-state index contributed by atoms with van der Waals surface area (Å²) < 4.78 is 25.9. The van der Waals surface area contributed by atoms with Crippen LogP contribution in [0.3, 0.4) is 0 Å². The topological polar surface area (TPSA) is 76.3 Å². The molecule has 0 atom stereocenters. The van der Waals surface area contributed by atoms with E-state index in [0.717, 1.165) is 12.8 Å². The third-order valence-electron chi connectivity index (χ3n) is 2.89. The third-order valence-corrected chi connectivity index (χ3v) is 4.79. The molecule has 0 spiro atoms. The Morgan fingerprint density at radius 1 is 1.35 bits per heavy atom. The van der Waals surface area contributed by atoms with Crippen molar-refractivity contribution in [2.24, 2.45) is 0 Å². The molecular weight excluding hydrogens is 238 g/mol. The summed E-state index contributed by atoms with van der Waals surface area (Å²) in [5, 5.41) is 0. The van der Waals surface area contributed by atoms with Crippen molar-refractivity contribution in [2.75, 3.05) is 12.8 Å². The second-order valence-corrected chi connectivity index (χ2v) is 5.91. The average molecular weight is 257 g/mol. The molecule has 17 heavy (non-hydrogen) atoms. The third kappa shape index (κ3) is 2.95. The predicted molar refractivity (Wildman–Crippen MR) is 68.0 cm³/mol. The maximum atomic E-state index is 12.2. The number of anilines is 1. The van der Waals surface area contributed by atoms with Crippen LogP contribution in [0.1, 0.15) is 26.7 Å². The maximum Gasteiger partial charge on any atom is 0.244 e. The van der Waals surface area contributed by atoms with Crippen LogP contribution in [0.2, 0.25) is 0 Å². The molecular formula is C11H19N3O2S. The summed E-state index contributed by atoms with van der Waals surface area (Å²) in [5.74, 6) is 0.314. The van der Waals surface area contributed by atoms with Crippen LogP contribution in [0, 0.1) is 0 Å². The second kappa shape index (κ2) is 5.46. The van der Waals surface area contributed by atoms with Gasteiger partial charge in [0, 0.05) is 19.3 Å². The first kappa shape index (κ1) is 13.9. The number of pyridine rings is 1. The molecule has 0 unspecified atom stereocenters. The van der Waals surface area contributed by atoms with Gasteiger partial charge in [-0.05, 0) is 25.0 Å². The Bertz CT molecular complexity index is 452. The quantitative estimate of drug-likeness (QED) is 0.866. The first-order chi connectivity index (χ1) is 7.93. The van der Waals surface area contributed by atoms with Gasteiger partial charge in [0.25, 0.3) is 0 Å². The molecule has 6 heteroatoms. The zero-order valence-electron chi connectivity index (χ0n) is 10.4. The lowest BCUT2D eigenvalue weighted by Gasteiger charge is -2.25. The Balaban J connectivity index is 3.06. The van der Waals surface area contributed by atoms with Gasteiger partial charge in [-0.3, -0.25) is 0 Å². The minimum absolute atomic E-state index is 0.0116. The lowest BCUT2D eigenvalue weighted by Crippen LogP contribution is -2.36. The van der Waals surface area contributed by atoms with Crippen LogP contribution in [0.5, 0.6) is 0 Å². The van der Waals surface area contributed by atoms with Gasteiger partial charge in [-0.1, -0.05) is 13.8 Å². The van der Waals surface area contributed by atoms with Crippen LogP contribution < -0.4 is 5.73 Å². The number of nitrogens with two attached hydrogens (primary N) is 1. The summed E-state index contributed by atoms with van der Waals surface area (Å²) in [6, 6.07) is 2.99. The van der Waals surface area contributed by atoms with E-state index in [1.165, 1.54) is 22.6 Å². The van der Waals surface area contributed by atoms with Gasteiger partial charge in [-0.25, -0.2) is 13.4 Å². The smallest absolute Gasteiger partial charge is 0.244 e. The molecule has 96 valence electrons. The van der Waals surface area contributed by atoms with Crippen molar-refractivity contribution in [1.82, 2.24) is 9.29 Å². The van der Waals surface area contributed by atoms with Crippen LogP contribution in [-0.2, 0) is 10.0 Å². The molecule has 1 aromatic heterocycles. The number of nitrogen functional groups attached to an aromatic ring is 1. The zero-order chi connectivity index (χ0) is 13.1. The van der Waals surface area contributed by atoms with Crippen molar-refractivity contribution < 1.29 is 8.42 Å². The first-order valence-electron chi connectivity index (χ1n) is 5.63. The summed E-state index contributed by atoms with van der Waals surface area (Å²) in [7, 11) is -1.86. The van der Waals surface area contributed by atoms with E-state index in [0.29, 0.717) is 5.82 Å². The molecule has 1 aromatic rings.